The van der Waals surface area contributed by atoms with Crippen molar-refractivity contribution < 1.29 is 4.79 Å². The SMILES string of the molecule is NC(=O)/C=C/c1cccc(-c2nccc(-c3ccccc3)n2)c1. The van der Waals surface area contributed by atoms with E-state index in [0.717, 1.165) is 22.4 Å². The zero-order valence-corrected chi connectivity index (χ0v) is 12.4. The zero-order valence-electron chi connectivity index (χ0n) is 12.4. The Hall–Kier alpha value is -3.27. The van der Waals surface area contributed by atoms with Crippen LogP contribution in [-0.2, 0) is 4.79 Å². The Morgan fingerprint density at radius 3 is 2.52 bits per heavy atom. The molecule has 4 nitrogen and oxygen atoms in total. The van der Waals surface area contributed by atoms with Crippen molar-refractivity contribution in [2.75, 3.05) is 0 Å². The van der Waals surface area contributed by atoms with E-state index in [9.17, 15) is 4.79 Å². The molecule has 0 fully saturated rings. The maximum atomic E-state index is 10.8. The first kappa shape index (κ1) is 14.7. The number of nitrogens with zero attached hydrogens (tertiary/aromatic N) is 2. The van der Waals surface area contributed by atoms with E-state index in [2.05, 4.69) is 9.97 Å². The average molecular weight is 301 g/mol. The summed E-state index contributed by atoms with van der Waals surface area (Å²) in [5.74, 6) is 0.165. The minimum absolute atomic E-state index is 0.474. The van der Waals surface area contributed by atoms with E-state index < -0.39 is 5.91 Å². The summed E-state index contributed by atoms with van der Waals surface area (Å²) < 4.78 is 0. The molecule has 0 aliphatic heterocycles. The van der Waals surface area contributed by atoms with E-state index in [0.29, 0.717) is 5.82 Å². The Morgan fingerprint density at radius 2 is 1.74 bits per heavy atom. The molecule has 0 unspecified atom stereocenters. The highest BCUT2D eigenvalue weighted by Crippen LogP contribution is 2.21. The third kappa shape index (κ3) is 3.68. The van der Waals surface area contributed by atoms with Crippen LogP contribution in [0, 0.1) is 0 Å². The smallest absolute Gasteiger partial charge is 0.241 e. The topological polar surface area (TPSA) is 68.9 Å². The number of hydrogen-bond acceptors (Lipinski definition) is 3. The number of carbonyl (C=O) groups excluding carboxylic acids is 1. The quantitative estimate of drug-likeness (QED) is 0.752. The molecule has 1 heterocycles. The van der Waals surface area contributed by atoms with Gasteiger partial charge in [-0.3, -0.25) is 4.79 Å². The first-order chi connectivity index (χ1) is 11.2. The minimum Gasteiger partial charge on any atom is -0.366 e. The first-order valence-corrected chi connectivity index (χ1v) is 7.19. The van der Waals surface area contributed by atoms with Gasteiger partial charge in [0.2, 0.25) is 5.91 Å². The van der Waals surface area contributed by atoms with E-state index >= 15 is 0 Å². The van der Waals surface area contributed by atoms with Crippen molar-refractivity contribution in [2.24, 2.45) is 5.73 Å². The number of aromatic nitrogens is 2. The van der Waals surface area contributed by atoms with Crippen LogP contribution in [0.1, 0.15) is 5.56 Å². The van der Waals surface area contributed by atoms with Gasteiger partial charge in [-0.2, -0.15) is 0 Å². The lowest BCUT2D eigenvalue weighted by atomic mass is 10.1. The summed E-state index contributed by atoms with van der Waals surface area (Å²) in [7, 11) is 0. The predicted molar refractivity (Wildman–Crippen MR) is 91.1 cm³/mol. The highest BCUT2D eigenvalue weighted by molar-refractivity contribution is 5.90. The lowest BCUT2D eigenvalue weighted by Crippen LogP contribution is -2.05. The number of benzene rings is 2. The fourth-order valence-electron chi connectivity index (χ4n) is 2.23. The summed E-state index contributed by atoms with van der Waals surface area (Å²) in [5, 5.41) is 0. The molecule has 3 aromatic rings. The summed E-state index contributed by atoms with van der Waals surface area (Å²) in [6.45, 7) is 0. The number of nitrogens with two attached hydrogens (primary N) is 1. The summed E-state index contributed by atoms with van der Waals surface area (Å²) in [5.41, 5.74) is 8.79. The van der Waals surface area contributed by atoms with Gasteiger partial charge in [0.15, 0.2) is 5.82 Å². The van der Waals surface area contributed by atoms with Gasteiger partial charge in [0.1, 0.15) is 0 Å². The lowest BCUT2D eigenvalue weighted by Gasteiger charge is -2.05. The molecule has 0 saturated heterocycles. The highest BCUT2D eigenvalue weighted by atomic mass is 16.1. The maximum Gasteiger partial charge on any atom is 0.241 e. The number of amides is 1. The van der Waals surface area contributed by atoms with Crippen molar-refractivity contribution >= 4 is 12.0 Å². The van der Waals surface area contributed by atoms with E-state index in [1.54, 1.807) is 12.3 Å². The fraction of sp³-hybridized carbons (Fsp3) is 0. The van der Waals surface area contributed by atoms with Gasteiger partial charge in [0.25, 0.3) is 0 Å². The summed E-state index contributed by atoms with van der Waals surface area (Å²) in [4.78, 5) is 19.8. The Labute approximate surface area is 134 Å². The molecule has 2 N–H and O–H groups in total. The second-order valence-corrected chi connectivity index (χ2v) is 4.99. The second-order valence-electron chi connectivity index (χ2n) is 4.99. The Morgan fingerprint density at radius 1 is 0.957 bits per heavy atom. The number of hydrogen-bond donors (Lipinski definition) is 1. The molecule has 0 spiro atoms. The molecule has 0 aliphatic rings. The van der Waals surface area contributed by atoms with Crippen LogP contribution in [0.15, 0.2) is 72.9 Å². The van der Waals surface area contributed by atoms with Crippen LogP contribution in [0.4, 0.5) is 0 Å². The number of rotatable bonds is 4. The van der Waals surface area contributed by atoms with E-state index in [1.807, 2.05) is 60.7 Å². The van der Waals surface area contributed by atoms with Crippen LogP contribution in [0.25, 0.3) is 28.7 Å². The predicted octanol–water partition coefficient (Wildman–Crippen LogP) is 3.31. The molecular formula is C19H15N3O. The third-order valence-corrected chi connectivity index (χ3v) is 3.31. The van der Waals surface area contributed by atoms with Gasteiger partial charge >= 0.3 is 0 Å². The molecule has 0 aliphatic carbocycles. The van der Waals surface area contributed by atoms with E-state index in [1.165, 1.54) is 6.08 Å². The fourth-order valence-corrected chi connectivity index (χ4v) is 2.23. The molecule has 2 aromatic carbocycles. The summed E-state index contributed by atoms with van der Waals surface area (Å²) in [6, 6.07) is 19.5. The van der Waals surface area contributed by atoms with Crippen molar-refractivity contribution in [1.82, 2.24) is 9.97 Å². The summed E-state index contributed by atoms with van der Waals surface area (Å²) >= 11 is 0. The standard InChI is InChI=1S/C19H15N3O/c20-18(23)10-9-14-5-4-8-16(13-14)19-21-12-11-17(22-19)15-6-2-1-3-7-15/h1-13H,(H2,20,23)/b10-9+. The maximum absolute atomic E-state index is 10.8. The molecule has 4 heteroatoms. The van der Waals surface area contributed by atoms with Gasteiger partial charge in [0.05, 0.1) is 5.69 Å². The van der Waals surface area contributed by atoms with Crippen LogP contribution in [0.3, 0.4) is 0 Å². The molecule has 0 atom stereocenters. The minimum atomic E-state index is -0.474. The Kier molecular flexibility index (Phi) is 4.25. The Bertz CT molecular complexity index is 857. The van der Waals surface area contributed by atoms with Gasteiger partial charge < -0.3 is 5.73 Å². The normalized spacial score (nSPS) is 10.8. The molecule has 0 bridgehead atoms. The molecular weight excluding hydrogens is 286 g/mol. The van der Waals surface area contributed by atoms with Crippen LogP contribution in [0.5, 0.6) is 0 Å². The van der Waals surface area contributed by atoms with Crippen LogP contribution in [0.2, 0.25) is 0 Å². The Balaban J connectivity index is 1.96. The van der Waals surface area contributed by atoms with Gasteiger partial charge in [-0.15, -0.1) is 0 Å². The summed E-state index contributed by atoms with van der Waals surface area (Å²) in [6.07, 6.45) is 4.75. The van der Waals surface area contributed by atoms with Crippen molar-refractivity contribution in [3.63, 3.8) is 0 Å². The van der Waals surface area contributed by atoms with E-state index in [4.69, 9.17) is 5.73 Å². The van der Waals surface area contributed by atoms with Crippen LogP contribution >= 0.6 is 0 Å². The van der Waals surface area contributed by atoms with Gasteiger partial charge in [-0.25, -0.2) is 9.97 Å². The van der Waals surface area contributed by atoms with Crippen molar-refractivity contribution in [1.29, 1.82) is 0 Å². The molecule has 0 saturated carbocycles. The number of primary amides is 1. The second kappa shape index (κ2) is 6.66. The van der Waals surface area contributed by atoms with Gasteiger partial charge in [-0.1, -0.05) is 48.5 Å². The first-order valence-electron chi connectivity index (χ1n) is 7.19. The van der Waals surface area contributed by atoms with Gasteiger partial charge in [-0.05, 0) is 23.8 Å². The zero-order chi connectivity index (χ0) is 16.1. The highest BCUT2D eigenvalue weighted by Gasteiger charge is 2.04. The monoisotopic (exact) mass is 301 g/mol. The molecule has 112 valence electrons. The molecule has 1 aromatic heterocycles. The van der Waals surface area contributed by atoms with Crippen molar-refractivity contribution in [2.45, 2.75) is 0 Å². The largest absolute Gasteiger partial charge is 0.366 e. The van der Waals surface area contributed by atoms with Crippen LogP contribution < -0.4 is 5.73 Å². The van der Waals surface area contributed by atoms with Crippen molar-refractivity contribution in [3.8, 4) is 22.6 Å². The average Bonchev–Trinajstić information content (AvgIpc) is 2.61. The van der Waals surface area contributed by atoms with Crippen molar-refractivity contribution in [3.05, 3.63) is 78.5 Å². The lowest BCUT2D eigenvalue weighted by molar-refractivity contribution is -0.113. The number of carbonyl (C=O) groups is 1. The van der Waals surface area contributed by atoms with Crippen LogP contribution in [-0.4, -0.2) is 15.9 Å². The molecule has 3 rings (SSSR count). The van der Waals surface area contributed by atoms with E-state index in [-0.39, 0.29) is 0 Å². The molecule has 0 radical (unpaired) electrons. The van der Waals surface area contributed by atoms with Gasteiger partial charge in [0, 0.05) is 23.4 Å². The molecule has 23 heavy (non-hydrogen) atoms. The molecule has 1 amide bonds. The third-order valence-electron chi connectivity index (χ3n) is 3.31.